The van der Waals surface area contributed by atoms with Gasteiger partial charge in [0.05, 0.1) is 5.69 Å². The zero-order chi connectivity index (χ0) is 18.7. The first-order valence-corrected chi connectivity index (χ1v) is 12.9. The Hall–Kier alpha value is -0.783. The van der Waals surface area contributed by atoms with Gasteiger partial charge in [0, 0.05) is 23.5 Å². The van der Waals surface area contributed by atoms with Gasteiger partial charge in [-0.15, -0.1) is 0 Å². The van der Waals surface area contributed by atoms with Crippen LogP contribution >= 0.6 is 15.9 Å². The number of benzene rings is 1. The molecule has 0 aliphatic carbocycles. The summed E-state index contributed by atoms with van der Waals surface area (Å²) in [6.07, 6.45) is 4.79. The zero-order valence-corrected chi connectivity index (χ0v) is 18.5. The average Bonchev–Trinajstić information content (AvgIpc) is 2.53. The van der Waals surface area contributed by atoms with E-state index in [0.29, 0.717) is 0 Å². The van der Waals surface area contributed by atoms with Crippen molar-refractivity contribution in [3.05, 3.63) is 41.5 Å². The highest BCUT2D eigenvalue weighted by Gasteiger charge is 2.36. The van der Waals surface area contributed by atoms with Gasteiger partial charge >= 0.3 is 0 Å². The van der Waals surface area contributed by atoms with E-state index in [-0.39, 0.29) is 10.9 Å². The fourth-order valence-electron chi connectivity index (χ4n) is 2.64. The van der Waals surface area contributed by atoms with Gasteiger partial charge < -0.3 is 4.43 Å². The number of aromatic nitrogens is 1. The number of unbranched alkanes of at least 4 members (excludes halogenated alkanes) is 1. The van der Waals surface area contributed by atoms with Crippen LogP contribution in [0.4, 0.5) is 4.39 Å². The smallest absolute Gasteiger partial charge is 0.191 e. The van der Waals surface area contributed by atoms with E-state index in [9.17, 15) is 4.39 Å². The molecule has 1 heterocycles. The molecule has 0 saturated heterocycles. The maximum absolute atomic E-state index is 13.5. The van der Waals surface area contributed by atoms with Gasteiger partial charge in [-0.3, -0.25) is 4.98 Å². The van der Waals surface area contributed by atoms with Crippen molar-refractivity contribution in [2.75, 3.05) is 6.61 Å². The second kappa shape index (κ2) is 8.27. The van der Waals surface area contributed by atoms with E-state index < -0.39 is 8.32 Å². The molecule has 0 fully saturated rings. The minimum Gasteiger partial charge on any atom is -0.417 e. The number of hydrogen-bond donors (Lipinski definition) is 0. The lowest BCUT2D eigenvalue weighted by molar-refractivity contribution is 0.279. The highest BCUT2D eigenvalue weighted by atomic mass is 79.9. The quantitative estimate of drug-likeness (QED) is 0.282. The molecule has 0 N–H and O–H groups in total. The molecule has 2 nitrogen and oxygen atoms in total. The lowest BCUT2D eigenvalue weighted by Crippen LogP contribution is -2.40. The molecule has 0 amide bonds. The third-order valence-electron chi connectivity index (χ3n) is 5.26. The topological polar surface area (TPSA) is 22.1 Å². The van der Waals surface area contributed by atoms with E-state index in [1.54, 1.807) is 12.3 Å². The van der Waals surface area contributed by atoms with Crippen LogP contribution in [0.2, 0.25) is 18.1 Å². The van der Waals surface area contributed by atoms with Gasteiger partial charge in [-0.05, 0) is 60.5 Å². The van der Waals surface area contributed by atoms with Gasteiger partial charge in [0.2, 0.25) is 0 Å². The molecule has 0 atom stereocenters. The maximum Gasteiger partial charge on any atom is 0.191 e. The van der Waals surface area contributed by atoms with E-state index in [0.717, 1.165) is 47.7 Å². The molecule has 0 aliphatic rings. The third-order valence-corrected chi connectivity index (χ3v) is 10.3. The standard InChI is InChI=1S/C20H29BrFNOSi/c1-20(2,3)25(4,5)24-11-7-6-8-18-17-10-9-16(22)12-15(17)14-23-19(18)13-21/h9-10,12,14H,6-8,11,13H2,1-5H3. The summed E-state index contributed by atoms with van der Waals surface area (Å²) >= 11 is 3.52. The summed E-state index contributed by atoms with van der Waals surface area (Å²) in [7, 11) is -1.66. The summed E-state index contributed by atoms with van der Waals surface area (Å²) in [5, 5.41) is 2.95. The lowest BCUT2D eigenvalue weighted by Gasteiger charge is -2.36. The fraction of sp³-hybridized carbons (Fsp3) is 0.550. The minimum atomic E-state index is -1.66. The van der Waals surface area contributed by atoms with E-state index >= 15 is 0 Å². The number of aryl methyl sites for hydroxylation is 1. The molecule has 2 aromatic rings. The molecule has 0 radical (unpaired) electrons. The second-order valence-corrected chi connectivity index (χ2v) is 13.5. The number of pyridine rings is 1. The Kier molecular flexibility index (Phi) is 6.79. The highest BCUT2D eigenvalue weighted by Crippen LogP contribution is 2.36. The molecule has 0 unspecified atom stereocenters. The molecule has 138 valence electrons. The van der Waals surface area contributed by atoms with Gasteiger partial charge in [0.25, 0.3) is 0 Å². The van der Waals surface area contributed by atoms with Crippen molar-refractivity contribution in [1.82, 2.24) is 4.98 Å². The van der Waals surface area contributed by atoms with Crippen LogP contribution in [-0.4, -0.2) is 19.9 Å². The zero-order valence-electron chi connectivity index (χ0n) is 16.0. The van der Waals surface area contributed by atoms with Crippen molar-refractivity contribution >= 4 is 35.0 Å². The van der Waals surface area contributed by atoms with E-state index in [2.05, 4.69) is 54.8 Å². The largest absolute Gasteiger partial charge is 0.417 e. The van der Waals surface area contributed by atoms with Crippen molar-refractivity contribution in [3.63, 3.8) is 0 Å². The first-order chi connectivity index (χ1) is 11.7. The molecule has 0 aliphatic heterocycles. The van der Waals surface area contributed by atoms with Gasteiger partial charge in [-0.2, -0.15) is 0 Å². The molecule has 1 aromatic carbocycles. The Labute approximate surface area is 160 Å². The number of rotatable bonds is 7. The molecule has 5 heteroatoms. The number of nitrogens with zero attached hydrogens (tertiary/aromatic N) is 1. The summed E-state index contributed by atoms with van der Waals surface area (Å²) in [5.41, 5.74) is 2.27. The van der Waals surface area contributed by atoms with Crippen LogP contribution in [0.3, 0.4) is 0 Å². The number of hydrogen-bond acceptors (Lipinski definition) is 2. The van der Waals surface area contributed by atoms with Crippen LogP contribution in [0.15, 0.2) is 24.4 Å². The Balaban J connectivity index is 2.01. The van der Waals surface area contributed by atoms with Crippen LogP contribution in [0.5, 0.6) is 0 Å². The summed E-state index contributed by atoms with van der Waals surface area (Å²) < 4.78 is 19.7. The predicted octanol–water partition coefficient (Wildman–Crippen LogP) is 6.61. The van der Waals surface area contributed by atoms with Crippen molar-refractivity contribution in [2.45, 2.75) is 63.5 Å². The van der Waals surface area contributed by atoms with Crippen molar-refractivity contribution < 1.29 is 8.82 Å². The van der Waals surface area contributed by atoms with Gasteiger partial charge in [0.15, 0.2) is 8.32 Å². The molecule has 0 bridgehead atoms. The SMILES string of the molecule is CC(C)(C)[Si](C)(C)OCCCCc1c(CBr)ncc2cc(F)ccc12. The van der Waals surface area contributed by atoms with Crippen molar-refractivity contribution in [2.24, 2.45) is 0 Å². The van der Waals surface area contributed by atoms with Gasteiger partial charge in [-0.25, -0.2) is 4.39 Å². The van der Waals surface area contributed by atoms with Gasteiger partial charge in [0.1, 0.15) is 5.82 Å². The highest BCUT2D eigenvalue weighted by molar-refractivity contribution is 9.08. The van der Waals surface area contributed by atoms with E-state index in [4.69, 9.17) is 4.43 Å². The lowest BCUT2D eigenvalue weighted by atomic mass is 10.00. The third kappa shape index (κ3) is 5.11. The molecular weight excluding hydrogens is 397 g/mol. The normalized spacial score (nSPS) is 12.8. The average molecular weight is 426 g/mol. The summed E-state index contributed by atoms with van der Waals surface area (Å²) in [6.45, 7) is 12.2. The first-order valence-electron chi connectivity index (χ1n) is 8.91. The number of halogens is 2. The Morgan fingerprint density at radius 3 is 2.56 bits per heavy atom. The molecule has 1 aromatic heterocycles. The van der Waals surface area contributed by atoms with Gasteiger partial charge in [-0.1, -0.05) is 42.8 Å². The number of fused-ring (bicyclic) bond motifs is 1. The second-order valence-electron chi connectivity index (χ2n) is 8.11. The monoisotopic (exact) mass is 425 g/mol. The summed E-state index contributed by atoms with van der Waals surface area (Å²) in [5.74, 6) is -0.213. The van der Waals surface area contributed by atoms with Crippen molar-refractivity contribution in [1.29, 1.82) is 0 Å². The fourth-order valence-corrected chi connectivity index (χ4v) is 4.21. The molecule has 2 rings (SSSR count). The molecule has 0 saturated carbocycles. The minimum absolute atomic E-state index is 0.213. The van der Waals surface area contributed by atoms with Crippen LogP contribution in [-0.2, 0) is 16.2 Å². The first kappa shape index (κ1) is 20.5. The maximum atomic E-state index is 13.5. The van der Waals surface area contributed by atoms with Crippen LogP contribution < -0.4 is 0 Å². The van der Waals surface area contributed by atoms with E-state index in [1.165, 1.54) is 11.6 Å². The van der Waals surface area contributed by atoms with Crippen molar-refractivity contribution in [3.8, 4) is 0 Å². The van der Waals surface area contributed by atoms with Crippen LogP contribution in [0, 0.1) is 5.82 Å². The molecular formula is C20H29BrFNOSi. The number of alkyl halides is 1. The Bertz CT molecular complexity index is 727. The summed E-state index contributed by atoms with van der Waals surface area (Å²) in [4.78, 5) is 4.50. The van der Waals surface area contributed by atoms with Crippen LogP contribution in [0.1, 0.15) is 44.9 Å². The summed E-state index contributed by atoms with van der Waals surface area (Å²) in [6, 6.07) is 4.97. The Morgan fingerprint density at radius 1 is 1.20 bits per heavy atom. The Morgan fingerprint density at radius 2 is 1.92 bits per heavy atom. The van der Waals surface area contributed by atoms with Crippen LogP contribution in [0.25, 0.3) is 10.8 Å². The van der Waals surface area contributed by atoms with E-state index in [1.807, 2.05) is 6.07 Å². The molecule has 25 heavy (non-hydrogen) atoms. The molecule has 0 spiro atoms. The predicted molar refractivity (Wildman–Crippen MR) is 110 cm³/mol.